The summed E-state index contributed by atoms with van der Waals surface area (Å²) in [6, 6.07) is -2.26. The van der Waals surface area contributed by atoms with Crippen LogP contribution in [-0.4, -0.2) is 72.5 Å². The lowest BCUT2D eigenvalue weighted by molar-refractivity contribution is -0.133. The Hall–Kier alpha value is -1.96. The van der Waals surface area contributed by atoms with Crippen LogP contribution in [0.15, 0.2) is 0 Å². The highest BCUT2D eigenvalue weighted by atomic mass is 32.3. The van der Waals surface area contributed by atoms with Gasteiger partial charge in [0.15, 0.2) is 0 Å². The molecular weight excluding hydrogens is 370 g/mol. The van der Waals surface area contributed by atoms with Crippen LogP contribution in [-0.2, 0) is 24.3 Å². The number of nitrogens with one attached hydrogen (secondary N) is 3. The number of fused-ring (bicyclic) bond motifs is 2. The maximum Gasteiger partial charge on any atom is 0.418 e. The molecule has 12 nitrogen and oxygen atoms in total. The van der Waals surface area contributed by atoms with E-state index in [1.165, 1.54) is 0 Å². The van der Waals surface area contributed by atoms with E-state index < -0.39 is 34.4 Å². The predicted octanol–water partition coefficient (Wildman–Crippen LogP) is -1.86. The van der Waals surface area contributed by atoms with E-state index in [9.17, 15) is 22.8 Å². The summed E-state index contributed by atoms with van der Waals surface area (Å²) in [5.41, 5.74) is 4.70. The Morgan fingerprint density at radius 3 is 2.58 bits per heavy atom. The van der Waals surface area contributed by atoms with E-state index in [-0.39, 0.29) is 24.8 Å². The summed E-state index contributed by atoms with van der Waals surface area (Å²) >= 11 is 0. The van der Waals surface area contributed by atoms with Gasteiger partial charge >= 0.3 is 16.4 Å². The number of hydrogen-bond donors (Lipinski definition) is 4. The van der Waals surface area contributed by atoms with Gasteiger partial charge in [0.2, 0.25) is 5.91 Å². The summed E-state index contributed by atoms with van der Waals surface area (Å²) in [6.07, 6.45) is 2.19. The minimum absolute atomic E-state index is 0.0902. The molecule has 0 radical (unpaired) electrons. The second kappa shape index (κ2) is 7.34. The van der Waals surface area contributed by atoms with Gasteiger partial charge in [-0.25, -0.2) is 4.79 Å². The van der Waals surface area contributed by atoms with E-state index in [0.717, 1.165) is 24.3 Å². The van der Waals surface area contributed by atoms with Crippen LogP contribution in [0.1, 0.15) is 25.7 Å². The van der Waals surface area contributed by atoms with Gasteiger partial charge in [-0.3, -0.25) is 25.0 Å². The number of carbonyl (C=O) groups excluding carboxylic acids is 3. The molecule has 2 bridgehead atoms. The first-order chi connectivity index (χ1) is 12.3. The number of rotatable bonds is 4. The second-order valence-corrected chi connectivity index (χ2v) is 7.54. The monoisotopic (exact) mass is 391 g/mol. The summed E-state index contributed by atoms with van der Waals surface area (Å²) in [4.78, 5) is 37.8. The third-order valence-corrected chi connectivity index (χ3v) is 5.13. The zero-order valence-electron chi connectivity index (χ0n) is 13.9. The number of hydrazine groups is 1. The van der Waals surface area contributed by atoms with Gasteiger partial charge in [0, 0.05) is 13.1 Å². The number of hydrogen-bond acceptors (Lipinski definition) is 7. The van der Waals surface area contributed by atoms with Crippen LogP contribution in [0.25, 0.3) is 0 Å². The van der Waals surface area contributed by atoms with Crippen molar-refractivity contribution in [3.63, 3.8) is 0 Å². The lowest BCUT2D eigenvalue weighted by atomic mass is 9.99. The third kappa shape index (κ3) is 4.06. The molecule has 3 heterocycles. The minimum atomic E-state index is -4.84. The van der Waals surface area contributed by atoms with Crippen molar-refractivity contribution in [1.29, 1.82) is 0 Å². The quantitative estimate of drug-likeness (QED) is 0.321. The minimum Gasteiger partial charge on any atom is -0.316 e. The van der Waals surface area contributed by atoms with Gasteiger partial charge in [-0.15, -0.1) is 4.28 Å². The Morgan fingerprint density at radius 2 is 1.92 bits per heavy atom. The van der Waals surface area contributed by atoms with Crippen LogP contribution >= 0.6 is 0 Å². The first-order valence-corrected chi connectivity index (χ1v) is 9.70. The maximum absolute atomic E-state index is 12.3. The van der Waals surface area contributed by atoms with Gasteiger partial charge in [0.05, 0.1) is 12.0 Å². The third-order valence-electron chi connectivity index (χ3n) is 4.78. The zero-order chi connectivity index (χ0) is 18.9. The molecule has 26 heavy (non-hydrogen) atoms. The van der Waals surface area contributed by atoms with E-state index >= 15 is 0 Å². The Labute approximate surface area is 150 Å². The number of piperidine rings is 2. The van der Waals surface area contributed by atoms with E-state index in [1.54, 1.807) is 0 Å². The molecule has 4 amide bonds. The summed E-state index contributed by atoms with van der Waals surface area (Å²) in [7, 11) is -4.84. The molecule has 4 N–H and O–H groups in total. The van der Waals surface area contributed by atoms with Crippen molar-refractivity contribution in [3.05, 3.63) is 0 Å². The molecule has 0 aromatic rings. The molecule has 0 aliphatic carbocycles. The second-order valence-electron chi connectivity index (χ2n) is 6.53. The largest absolute Gasteiger partial charge is 0.418 e. The molecule has 0 spiro atoms. The number of nitrogens with zero attached hydrogens (tertiary/aromatic N) is 2. The molecular formula is C13H21N5O7S. The highest BCUT2D eigenvalue weighted by Gasteiger charge is 2.49. The standard InChI is InChI=1S/C13H21N5O7S/c19-11(8-2-1-5-14-6-8)15-16-12(20)10-4-3-9-7-17(10)13(21)18(9)25-26(22,23)24/h8-10,14H,1-7H2,(H,15,19)(H,16,20)(H,22,23,24)/t8?,9-,10+/m1/s1. The summed E-state index contributed by atoms with van der Waals surface area (Å²) in [6.45, 7) is 1.49. The molecule has 146 valence electrons. The maximum atomic E-state index is 12.3. The Kier molecular flexibility index (Phi) is 5.32. The van der Waals surface area contributed by atoms with Gasteiger partial charge < -0.3 is 10.2 Å². The molecule has 0 aromatic heterocycles. The highest BCUT2D eigenvalue weighted by Crippen LogP contribution is 2.30. The first kappa shape index (κ1) is 18.8. The molecule has 3 atom stereocenters. The molecule has 13 heteroatoms. The van der Waals surface area contributed by atoms with Crippen LogP contribution in [0, 0.1) is 5.92 Å². The SMILES string of the molecule is O=C(NNC(=O)[C@@H]1CC[C@@H]2CN1C(=O)N2OS(=O)(=O)O)C1CCCNC1. The number of hydroxylamine groups is 2. The smallest absolute Gasteiger partial charge is 0.316 e. The molecule has 3 saturated heterocycles. The Bertz CT molecular complexity index is 693. The van der Waals surface area contributed by atoms with Gasteiger partial charge in [-0.05, 0) is 32.2 Å². The van der Waals surface area contributed by atoms with Gasteiger partial charge in [-0.2, -0.15) is 13.5 Å². The average Bonchev–Trinajstić information content (AvgIpc) is 2.84. The van der Waals surface area contributed by atoms with Crippen molar-refractivity contribution < 1.29 is 31.6 Å². The van der Waals surface area contributed by atoms with Crippen molar-refractivity contribution in [2.45, 2.75) is 37.8 Å². The number of amides is 4. The van der Waals surface area contributed by atoms with Gasteiger partial charge in [0.1, 0.15) is 6.04 Å². The van der Waals surface area contributed by atoms with Crippen molar-refractivity contribution >= 4 is 28.2 Å². The Morgan fingerprint density at radius 1 is 1.19 bits per heavy atom. The van der Waals surface area contributed by atoms with Crippen molar-refractivity contribution in [3.8, 4) is 0 Å². The molecule has 1 unspecified atom stereocenters. The Balaban J connectivity index is 1.56. The van der Waals surface area contributed by atoms with Gasteiger partial charge in [-0.1, -0.05) is 0 Å². The van der Waals surface area contributed by atoms with E-state index in [2.05, 4.69) is 20.5 Å². The molecule has 0 saturated carbocycles. The fourth-order valence-corrected chi connectivity index (χ4v) is 3.88. The highest BCUT2D eigenvalue weighted by molar-refractivity contribution is 7.80. The van der Waals surface area contributed by atoms with E-state index in [0.29, 0.717) is 18.0 Å². The molecule has 3 aliphatic heterocycles. The summed E-state index contributed by atoms with van der Waals surface area (Å²) in [5.74, 6) is -1.10. The number of urea groups is 1. The van der Waals surface area contributed by atoms with E-state index in [1.807, 2.05) is 0 Å². The van der Waals surface area contributed by atoms with Crippen LogP contribution in [0.5, 0.6) is 0 Å². The molecule has 3 fully saturated rings. The number of carbonyl (C=O) groups is 3. The average molecular weight is 391 g/mol. The molecule has 3 rings (SSSR count). The van der Waals surface area contributed by atoms with Gasteiger partial charge in [0.25, 0.3) is 5.91 Å². The summed E-state index contributed by atoms with van der Waals surface area (Å²) in [5, 5.41) is 3.67. The normalized spacial score (nSPS) is 28.8. The van der Waals surface area contributed by atoms with Crippen LogP contribution in [0.4, 0.5) is 4.79 Å². The molecule has 0 aromatic carbocycles. The zero-order valence-corrected chi connectivity index (χ0v) is 14.7. The van der Waals surface area contributed by atoms with E-state index in [4.69, 9.17) is 4.55 Å². The van der Waals surface area contributed by atoms with Crippen LogP contribution in [0.2, 0.25) is 0 Å². The topological polar surface area (TPSA) is 157 Å². The molecule has 3 aliphatic rings. The van der Waals surface area contributed by atoms with Crippen molar-refractivity contribution in [1.82, 2.24) is 26.1 Å². The fourth-order valence-electron chi connectivity index (χ4n) is 3.49. The lowest BCUT2D eigenvalue weighted by Crippen LogP contribution is -2.55. The fraction of sp³-hybridized carbons (Fsp3) is 0.769. The van der Waals surface area contributed by atoms with Crippen molar-refractivity contribution in [2.24, 2.45) is 5.92 Å². The lowest BCUT2D eigenvalue weighted by Gasteiger charge is -2.29. The summed E-state index contributed by atoms with van der Waals surface area (Å²) < 4.78 is 34.8. The van der Waals surface area contributed by atoms with Crippen LogP contribution < -0.4 is 16.2 Å². The van der Waals surface area contributed by atoms with Crippen molar-refractivity contribution in [2.75, 3.05) is 19.6 Å². The predicted molar refractivity (Wildman–Crippen MR) is 85.3 cm³/mol. The van der Waals surface area contributed by atoms with Crippen LogP contribution in [0.3, 0.4) is 0 Å². The first-order valence-electron chi connectivity index (χ1n) is 8.33.